The topological polar surface area (TPSA) is 132 Å². The number of benzene rings is 2. The zero-order valence-corrected chi connectivity index (χ0v) is 27.8. The zero-order valence-electron chi connectivity index (χ0n) is 27.1. The van der Waals surface area contributed by atoms with E-state index in [1.165, 1.54) is 18.6 Å². The van der Waals surface area contributed by atoms with Gasteiger partial charge in [0.1, 0.15) is 17.9 Å². The number of carbonyl (C=O) groups is 2. The molecule has 8 atom stereocenters. The van der Waals surface area contributed by atoms with Crippen LogP contribution in [0.5, 0.6) is 5.75 Å². The Morgan fingerprint density at radius 1 is 1.22 bits per heavy atom. The molecule has 2 bridgehead atoms. The van der Waals surface area contributed by atoms with Gasteiger partial charge in [0.2, 0.25) is 5.91 Å². The second-order valence-electron chi connectivity index (χ2n) is 13.8. The molecule has 0 aromatic heterocycles. The van der Waals surface area contributed by atoms with Crippen LogP contribution in [0.15, 0.2) is 30.3 Å². The van der Waals surface area contributed by atoms with Gasteiger partial charge < -0.3 is 30.3 Å². The van der Waals surface area contributed by atoms with Gasteiger partial charge in [-0.25, -0.2) is 4.79 Å². The van der Waals surface area contributed by atoms with Gasteiger partial charge in [-0.05, 0) is 72.8 Å². The molecule has 2 aromatic rings. The number of amides is 1. The highest BCUT2D eigenvalue weighted by Crippen LogP contribution is 2.61. The van der Waals surface area contributed by atoms with Gasteiger partial charge in [-0.15, -0.1) is 0 Å². The third-order valence-electron chi connectivity index (χ3n) is 10.8. The van der Waals surface area contributed by atoms with Gasteiger partial charge in [0.15, 0.2) is 0 Å². The van der Waals surface area contributed by atoms with Crippen molar-refractivity contribution in [1.82, 2.24) is 10.4 Å². The smallest absolute Gasteiger partial charge is 0.335 e. The number of aliphatic hydroxyl groups excluding tert-OH is 2. The van der Waals surface area contributed by atoms with Crippen LogP contribution in [-0.2, 0) is 16.2 Å². The summed E-state index contributed by atoms with van der Waals surface area (Å²) in [5.74, 6) is -0.171. The fourth-order valence-electron chi connectivity index (χ4n) is 8.02. The van der Waals surface area contributed by atoms with Crippen molar-refractivity contribution in [2.45, 2.75) is 71.4 Å². The molecule has 2 aromatic carbocycles. The maximum absolute atomic E-state index is 14.1. The van der Waals surface area contributed by atoms with E-state index < -0.39 is 30.1 Å². The van der Waals surface area contributed by atoms with E-state index in [1.54, 1.807) is 31.2 Å². The first kappa shape index (κ1) is 33.5. The molecule has 246 valence electrons. The Kier molecular flexibility index (Phi) is 9.46. The van der Waals surface area contributed by atoms with Crippen molar-refractivity contribution in [3.63, 3.8) is 0 Å². The normalized spacial score (nSPS) is 29.5. The molecule has 3 saturated carbocycles. The molecule has 45 heavy (non-hydrogen) atoms. The lowest BCUT2D eigenvalue weighted by Crippen LogP contribution is -2.62. The molecule has 11 heteroatoms. The maximum Gasteiger partial charge on any atom is 0.335 e. The fourth-order valence-corrected chi connectivity index (χ4v) is 8.28. The first-order valence-corrected chi connectivity index (χ1v) is 16.0. The number of anilines is 1. The minimum Gasteiger partial charge on any atom is -0.496 e. The molecule has 6 rings (SSSR count). The van der Waals surface area contributed by atoms with E-state index in [0.717, 1.165) is 6.42 Å². The number of halogens is 1. The van der Waals surface area contributed by atoms with Crippen molar-refractivity contribution < 1.29 is 34.5 Å². The van der Waals surface area contributed by atoms with E-state index in [2.05, 4.69) is 26.1 Å². The SMILES string of the molecule is COc1c(CN2O[C@@H](CO)[C@@H]([C@H](C)O)[C@H]2C(=O)N[C@H]2C[C@@H]3CC([C@@H]2C)C3(C)C)ccc(Cl)c1-c1cc(C(=O)O)cc(N(C)C)c1. The lowest BCUT2D eigenvalue weighted by molar-refractivity contribution is -0.183. The number of carboxylic acid groups (broad SMARTS) is 1. The van der Waals surface area contributed by atoms with Crippen LogP contribution in [0.25, 0.3) is 11.1 Å². The zero-order chi connectivity index (χ0) is 33.0. The Labute approximate surface area is 270 Å². The van der Waals surface area contributed by atoms with Gasteiger partial charge in [-0.2, -0.15) is 5.06 Å². The Morgan fingerprint density at radius 3 is 2.49 bits per heavy atom. The van der Waals surface area contributed by atoms with Gasteiger partial charge in [-0.1, -0.05) is 38.4 Å². The second kappa shape index (κ2) is 12.7. The van der Waals surface area contributed by atoms with Crippen LogP contribution in [0.1, 0.15) is 56.5 Å². The lowest BCUT2D eigenvalue weighted by Gasteiger charge is -2.62. The van der Waals surface area contributed by atoms with E-state index in [0.29, 0.717) is 50.9 Å². The standard InChI is InChI=1S/C34H46ClN3O7/c1-17-24-13-22(34(24,3)4)14-26(17)36-32(41)30-28(18(2)40)27(16-39)45-38(30)15-19-8-9-25(35)29(31(19)44-7)20-10-21(33(42)43)12-23(11-20)37(5)6/h8-12,17-18,22,24,26-28,30,39-40H,13-16H2,1-7H3,(H,36,41)(H,42,43)/t17-,18-,22-,24?,26-,27-,28+,30-/m0/s1. The van der Waals surface area contributed by atoms with Gasteiger partial charge in [0, 0.05) is 42.9 Å². The van der Waals surface area contributed by atoms with Crippen molar-refractivity contribution in [2.75, 3.05) is 32.7 Å². The minimum absolute atomic E-state index is 0.0167. The number of carbonyl (C=O) groups excluding carboxylic acids is 1. The van der Waals surface area contributed by atoms with E-state index in [1.807, 2.05) is 25.1 Å². The van der Waals surface area contributed by atoms with Crippen molar-refractivity contribution in [3.05, 3.63) is 46.5 Å². The monoisotopic (exact) mass is 643 g/mol. The highest BCUT2D eigenvalue weighted by molar-refractivity contribution is 6.33. The number of ether oxygens (including phenoxy) is 1. The average molecular weight is 644 g/mol. The number of fused-ring (bicyclic) bond motifs is 2. The summed E-state index contributed by atoms with van der Waals surface area (Å²) < 4.78 is 5.89. The van der Waals surface area contributed by atoms with Gasteiger partial charge in [0.25, 0.3) is 0 Å². The third kappa shape index (κ3) is 6.03. The highest BCUT2D eigenvalue weighted by atomic mass is 35.5. The number of nitrogens with one attached hydrogen (secondary N) is 1. The van der Waals surface area contributed by atoms with Crippen LogP contribution >= 0.6 is 11.6 Å². The number of rotatable bonds is 10. The number of hydrogen-bond donors (Lipinski definition) is 4. The number of aromatic carboxylic acids is 1. The molecule has 10 nitrogen and oxygen atoms in total. The molecule has 0 radical (unpaired) electrons. The molecule has 1 unspecified atom stereocenters. The summed E-state index contributed by atoms with van der Waals surface area (Å²) in [5.41, 5.74) is 2.75. The van der Waals surface area contributed by atoms with Crippen LogP contribution in [0.4, 0.5) is 5.69 Å². The Morgan fingerprint density at radius 2 is 1.93 bits per heavy atom. The lowest BCUT2D eigenvalue weighted by atomic mass is 9.45. The number of hydrogen-bond acceptors (Lipinski definition) is 8. The summed E-state index contributed by atoms with van der Waals surface area (Å²) in [6.07, 6.45) is 0.381. The van der Waals surface area contributed by atoms with Crippen molar-refractivity contribution in [3.8, 4) is 16.9 Å². The van der Waals surface area contributed by atoms with Crippen LogP contribution in [0.3, 0.4) is 0 Å². The molecule has 3 aliphatic carbocycles. The van der Waals surface area contributed by atoms with Crippen molar-refractivity contribution >= 4 is 29.2 Å². The Balaban J connectivity index is 1.49. The first-order valence-electron chi connectivity index (χ1n) is 15.6. The molecule has 1 heterocycles. The molecule has 4 aliphatic rings. The average Bonchev–Trinajstić information content (AvgIpc) is 3.36. The summed E-state index contributed by atoms with van der Waals surface area (Å²) in [7, 11) is 5.15. The van der Waals surface area contributed by atoms with Crippen LogP contribution in [0, 0.1) is 29.1 Å². The van der Waals surface area contributed by atoms with Gasteiger partial charge in [0.05, 0.1) is 37.0 Å². The number of aliphatic hydroxyl groups is 2. The molecular formula is C34H46ClN3O7. The molecule has 4 N–H and O–H groups in total. The largest absolute Gasteiger partial charge is 0.496 e. The van der Waals surface area contributed by atoms with Crippen molar-refractivity contribution in [2.24, 2.45) is 29.1 Å². The Bertz CT molecular complexity index is 1450. The van der Waals surface area contributed by atoms with Crippen LogP contribution in [0.2, 0.25) is 5.02 Å². The van der Waals surface area contributed by atoms with Crippen LogP contribution in [-0.4, -0.2) is 84.4 Å². The van der Waals surface area contributed by atoms with Gasteiger partial charge in [-0.3, -0.25) is 9.63 Å². The van der Waals surface area contributed by atoms with Crippen molar-refractivity contribution in [1.29, 1.82) is 0 Å². The van der Waals surface area contributed by atoms with E-state index >= 15 is 0 Å². The Hall–Kier alpha value is -2.89. The second-order valence-corrected chi connectivity index (χ2v) is 14.2. The third-order valence-corrected chi connectivity index (χ3v) is 11.1. The predicted octanol–water partition coefficient (Wildman–Crippen LogP) is 4.44. The van der Waals surface area contributed by atoms with Gasteiger partial charge >= 0.3 is 5.97 Å². The molecule has 1 amide bonds. The highest BCUT2D eigenvalue weighted by Gasteiger charge is 2.57. The summed E-state index contributed by atoms with van der Waals surface area (Å²) in [6, 6.07) is 7.59. The van der Waals surface area contributed by atoms with E-state index in [-0.39, 0.29) is 36.1 Å². The summed E-state index contributed by atoms with van der Waals surface area (Å²) >= 11 is 6.73. The predicted molar refractivity (Wildman–Crippen MR) is 172 cm³/mol. The minimum atomic E-state index is -1.07. The first-order chi connectivity index (χ1) is 21.2. The number of nitrogens with zero attached hydrogens (tertiary/aromatic N) is 2. The van der Waals surface area contributed by atoms with Crippen LogP contribution < -0.4 is 15.0 Å². The van der Waals surface area contributed by atoms with E-state index in [9.17, 15) is 24.9 Å². The molecule has 1 aliphatic heterocycles. The number of carboxylic acids is 1. The fraction of sp³-hybridized carbons (Fsp3) is 0.588. The summed E-state index contributed by atoms with van der Waals surface area (Å²) in [4.78, 5) is 34.0. The molecule has 4 fully saturated rings. The molecule has 1 saturated heterocycles. The quantitative estimate of drug-likeness (QED) is 0.297. The maximum atomic E-state index is 14.1. The summed E-state index contributed by atoms with van der Waals surface area (Å²) in [5, 5.41) is 36.0. The molecular weight excluding hydrogens is 598 g/mol. The van der Waals surface area contributed by atoms with E-state index in [4.69, 9.17) is 21.2 Å². The molecule has 0 spiro atoms. The number of methoxy groups -OCH3 is 1. The summed E-state index contributed by atoms with van der Waals surface area (Å²) in [6.45, 7) is 8.17. The number of hydroxylamine groups is 2.